The van der Waals surface area contributed by atoms with Crippen LogP contribution in [0, 0.1) is 0 Å². The minimum Gasteiger partial charge on any atom is -0.316 e. The average molecular weight is 255 g/mol. The molecule has 0 saturated heterocycles. The van der Waals surface area contributed by atoms with E-state index in [1.54, 1.807) is 0 Å². The number of nitrogens with two attached hydrogens (primary N) is 1. The first kappa shape index (κ1) is 10.5. The molecule has 1 aromatic heterocycles. The van der Waals surface area contributed by atoms with Crippen LogP contribution in [0.1, 0.15) is 11.6 Å². The zero-order valence-corrected chi connectivity index (χ0v) is 7.93. The lowest BCUT2D eigenvalue weighted by molar-refractivity contribution is -0.149. The van der Waals surface area contributed by atoms with Gasteiger partial charge in [-0.15, -0.1) is 0 Å². The molecule has 0 bridgehead atoms. The number of rotatable bonds is 1. The SMILES string of the molecule is N[C@H](c1cncc(Br)c1)C(F)(F)F. The van der Waals surface area contributed by atoms with Crippen LogP contribution in [0.4, 0.5) is 13.2 Å². The number of pyridine rings is 1. The normalized spacial score (nSPS) is 14.2. The van der Waals surface area contributed by atoms with Gasteiger partial charge in [0.05, 0.1) is 0 Å². The Hall–Kier alpha value is -0.620. The molecule has 1 heterocycles. The lowest BCUT2D eigenvalue weighted by Crippen LogP contribution is -2.28. The molecule has 0 unspecified atom stereocenters. The fourth-order valence-corrected chi connectivity index (χ4v) is 1.17. The third-order valence-electron chi connectivity index (χ3n) is 1.44. The summed E-state index contributed by atoms with van der Waals surface area (Å²) < 4.78 is 36.8. The van der Waals surface area contributed by atoms with Crippen LogP contribution in [-0.2, 0) is 0 Å². The van der Waals surface area contributed by atoms with Gasteiger partial charge in [-0.05, 0) is 27.6 Å². The van der Waals surface area contributed by atoms with Gasteiger partial charge < -0.3 is 5.73 Å². The molecule has 0 aliphatic rings. The Labute approximate surface area is 81.1 Å². The molecule has 0 aliphatic carbocycles. The van der Waals surface area contributed by atoms with Gasteiger partial charge in [0.1, 0.15) is 6.04 Å². The molecule has 0 amide bonds. The Kier molecular flexibility index (Phi) is 2.92. The first-order valence-corrected chi connectivity index (χ1v) is 4.13. The van der Waals surface area contributed by atoms with E-state index in [0.717, 1.165) is 6.20 Å². The van der Waals surface area contributed by atoms with Crippen molar-refractivity contribution < 1.29 is 13.2 Å². The van der Waals surface area contributed by atoms with E-state index in [4.69, 9.17) is 5.73 Å². The molecule has 0 radical (unpaired) electrons. The van der Waals surface area contributed by atoms with Crippen molar-refractivity contribution in [3.63, 3.8) is 0 Å². The van der Waals surface area contributed by atoms with Crippen LogP contribution in [0.25, 0.3) is 0 Å². The molecule has 13 heavy (non-hydrogen) atoms. The second-order valence-electron chi connectivity index (χ2n) is 2.46. The molecule has 0 saturated carbocycles. The van der Waals surface area contributed by atoms with E-state index >= 15 is 0 Å². The van der Waals surface area contributed by atoms with Gasteiger partial charge in [0, 0.05) is 16.9 Å². The van der Waals surface area contributed by atoms with E-state index in [0.29, 0.717) is 4.47 Å². The van der Waals surface area contributed by atoms with Crippen LogP contribution >= 0.6 is 15.9 Å². The molecule has 0 aliphatic heterocycles. The predicted octanol–water partition coefficient (Wildman–Crippen LogP) is 2.41. The Balaban J connectivity index is 2.96. The van der Waals surface area contributed by atoms with Gasteiger partial charge in [0.25, 0.3) is 0 Å². The largest absolute Gasteiger partial charge is 0.407 e. The summed E-state index contributed by atoms with van der Waals surface area (Å²) in [5, 5.41) is 0. The minimum atomic E-state index is -4.43. The first-order valence-electron chi connectivity index (χ1n) is 3.34. The molecule has 1 atom stereocenters. The molecule has 1 rings (SSSR count). The Bertz CT molecular complexity index is 300. The summed E-state index contributed by atoms with van der Waals surface area (Å²) in [5.41, 5.74) is 4.90. The van der Waals surface area contributed by atoms with Gasteiger partial charge in [-0.1, -0.05) is 0 Å². The molecule has 0 spiro atoms. The molecule has 1 aromatic rings. The van der Waals surface area contributed by atoms with Crippen molar-refractivity contribution in [3.05, 3.63) is 28.5 Å². The molecule has 2 nitrogen and oxygen atoms in total. The van der Waals surface area contributed by atoms with E-state index in [9.17, 15) is 13.2 Å². The standard InChI is InChI=1S/C7H6BrF3N2/c8-5-1-4(2-13-3-5)6(12)7(9,10)11/h1-3,6H,12H2/t6-/m1/s1. The Morgan fingerprint density at radius 3 is 2.46 bits per heavy atom. The van der Waals surface area contributed by atoms with Gasteiger partial charge in [0.15, 0.2) is 0 Å². The molecular formula is C7H6BrF3N2. The van der Waals surface area contributed by atoms with E-state index in [2.05, 4.69) is 20.9 Å². The van der Waals surface area contributed by atoms with E-state index in [-0.39, 0.29) is 5.56 Å². The third kappa shape index (κ3) is 2.67. The second kappa shape index (κ2) is 3.63. The van der Waals surface area contributed by atoms with Gasteiger partial charge in [-0.3, -0.25) is 4.98 Å². The van der Waals surface area contributed by atoms with Crippen molar-refractivity contribution in [2.75, 3.05) is 0 Å². The van der Waals surface area contributed by atoms with Gasteiger partial charge in [0.2, 0.25) is 0 Å². The predicted molar refractivity (Wildman–Crippen MR) is 44.9 cm³/mol. The topological polar surface area (TPSA) is 38.9 Å². The van der Waals surface area contributed by atoms with Crippen molar-refractivity contribution >= 4 is 15.9 Å². The van der Waals surface area contributed by atoms with Crippen LogP contribution in [0.3, 0.4) is 0 Å². The number of hydrogen-bond acceptors (Lipinski definition) is 2. The van der Waals surface area contributed by atoms with Crippen molar-refractivity contribution in [1.82, 2.24) is 4.98 Å². The summed E-state index contributed by atoms with van der Waals surface area (Å²) in [6, 6.07) is -0.678. The molecular weight excluding hydrogens is 249 g/mol. The van der Waals surface area contributed by atoms with Crippen LogP contribution in [0.5, 0.6) is 0 Å². The number of alkyl halides is 3. The summed E-state index contributed by atoms with van der Waals surface area (Å²) in [7, 11) is 0. The van der Waals surface area contributed by atoms with Crippen molar-refractivity contribution in [1.29, 1.82) is 0 Å². The zero-order chi connectivity index (χ0) is 10.1. The monoisotopic (exact) mass is 254 g/mol. The first-order chi connectivity index (χ1) is 5.91. The lowest BCUT2D eigenvalue weighted by Gasteiger charge is -2.15. The maximum Gasteiger partial charge on any atom is 0.407 e. The fraction of sp³-hybridized carbons (Fsp3) is 0.286. The highest BCUT2D eigenvalue weighted by Crippen LogP contribution is 2.30. The van der Waals surface area contributed by atoms with Crippen LogP contribution < -0.4 is 5.73 Å². The van der Waals surface area contributed by atoms with Gasteiger partial charge in [-0.2, -0.15) is 13.2 Å². The molecule has 6 heteroatoms. The van der Waals surface area contributed by atoms with Crippen molar-refractivity contribution in [2.24, 2.45) is 5.73 Å². The van der Waals surface area contributed by atoms with Crippen molar-refractivity contribution in [2.45, 2.75) is 12.2 Å². The average Bonchev–Trinajstić information content (AvgIpc) is 2.01. The van der Waals surface area contributed by atoms with E-state index in [1.165, 1.54) is 12.3 Å². The third-order valence-corrected chi connectivity index (χ3v) is 1.87. The summed E-state index contributed by atoms with van der Waals surface area (Å²) in [4.78, 5) is 3.59. The maximum absolute atomic E-state index is 12.1. The fourth-order valence-electron chi connectivity index (χ4n) is 0.787. The summed E-state index contributed by atoms with van der Waals surface area (Å²) in [5.74, 6) is 0. The van der Waals surface area contributed by atoms with Gasteiger partial charge in [-0.25, -0.2) is 0 Å². The number of hydrogen-bond donors (Lipinski definition) is 1. The highest BCUT2D eigenvalue weighted by molar-refractivity contribution is 9.10. The van der Waals surface area contributed by atoms with Crippen LogP contribution in [0.15, 0.2) is 22.9 Å². The Morgan fingerprint density at radius 1 is 1.38 bits per heavy atom. The molecule has 0 aromatic carbocycles. The highest BCUT2D eigenvalue weighted by Gasteiger charge is 2.37. The Morgan fingerprint density at radius 2 is 2.00 bits per heavy atom. The summed E-state index contributed by atoms with van der Waals surface area (Å²) in [6.45, 7) is 0. The number of halogens is 4. The lowest BCUT2D eigenvalue weighted by atomic mass is 10.1. The smallest absolute Gasteiger partial charge is 0.316 e. The quantitative estimate of drug-likeness (QED) is 0.836. The van der Waals surface area contributed by atoms with E-state index < -0.39 is 12.2 Å². The van der Waals surface area contributed by atoms with Crippen LogP contribution in [0.2, 0.25) is 0 Å². The number of nitrogens with zero attached hydrogens (tertiary/aromatic N) is 1. The minimum absolute atomic E-state index is 0.0538. The van der Waals surface area contributed by atoms with Crippen molar-refractivity contribution in [3.8, 4) is 0 Å². The molecule has 2 N–H and O–H groups in total. The second-order valence-corrected chi connectivity index (χ2v) is 3.37. The number of aromatic nitrogens is 1. The van der Waals surface area contributed by atoms with Gasteiger partial charge >= 0.3 is 6.18 Å². The van der Waals surface area contributed by atoms with E-state index in [1.807, 2.05) is 0 Å². The summed E-state index contributed by atoms with van der Waals surface area (Å²) >= 11 is 3.01. The molecule has 0 fully saturated rings. The highest BCUT2D eigenvalue weighted by atomic mass is 79.9. The zero-order valence-electron chi connectivity index (χ0n) is 6.35. The van der Waals surface area contributed by atoms with Crippen LogP contribution in [-0.4, -0.2) is 11.2 Å². The molecule has 72 valence electrons. The summed E-state index contributed by atoms with van der Waals surface area (Å²) in [6.07, 6.45) is -1.93. The maximum atomic E-state index is 12.1.